The maximum Gasteiger partial charge on any atom is 0.354 e. The monoisotopic (exact) mass is 382 g/mol. The van der Waals surface area contributed by atoms with Gasteiger partial charge in [0.05, 0.1) is 10.7 Å². The highest BCUT2D eigenvalue weighted by Gasteiger charge is 2.27. The van der Waals surface area contributed by atoms with Crippen molar-refractivity contribution in [1.29, 1.82) is 0 Å². The molecule has 0 saturated carbocycles. The van der Waals surface area contributed by atoms with Gasteiger partial charge in [0, 0.05) is 31.4 Å². The summed E-state index contributed by atoms with van der Waals surface area (Å²) in [6, 6.07) is 0.308. The summed E-state index contributed by atoms with van der Waals surface area (Å²) in [7, 11) is 0. The van der Waals surface area contributed by atoms with E-state index >= 15 is 0 Å². The van der Waals surface area contributed by atoms with Crippen molar-refractivity contribution in [2.45, 2.75) is 32.7 Å². The van der Waals surface area contributed by atoms with E-state index in [1.807, 2.05) is 0 Å². The third-order valence-electron chi connectivity index (χ3n) is 4.26. The minimum Gasteiger partial charge on any atom is -0.476 e. The SMILES string of the molecule is CCN(c1c(C)c(C(=O)O)nc2c(Br)cnn12)C1CCOCC1. The Bertz CT molecular complexity index is 740. The van der Waals surface area contributed by atoms with Crippen molar-refractivity contribution in [1.82, 2.24) is 14.6 Å². The van der Waals surface area contributed by atoms with Gasteiger partial charge in [-0.3, -0.25) is 0 Å². The van der Waals surface area contributed by atoms with Crippen LogP contribution in [0.2, 0.25) is 0 Å². The van der Waals surface area contributed by atoms with E-state index in [1.54, 1.807) is 17.6 Å². The van der Waals surface area contributed by atoms with Crippen LogP contribution in [0.5, 0.6) is 0 Å². The van der Waals surface area contributed by atoms with Gasteiger partial charge in [-0.25, -0.2) is 9.78 Å². The van der Waals surface area contributed by atoms with Gasteiger partial charge in [0.2, 0.25) is 0 Å². The van der Waals surface area contributed by atoms with Crippen molar-refractivity contribution < 1.29 is 14.6 Å². The number of ether oxygens (including phenoxy) is 1. The number of hydrogen-bond acceptors (Lipinski definition) is 5. The highest BCUT2D eigenvalue weighted by atomic mass is 79.9. The Kier molecular flexibility index (Phi) is 4.54. The molecule has 124 valence electrons. The average molecular weight is 383 g/mol. The molecule has 0 aromatic carbocycles. The number of halogens is 1. The molecule has 1 fully saturated rings. The lowest BCUT2D eigenvalue weighted by Gasteiger charge is -2.36. The lowest BCUT2D eigenvalue weighted by Crippen LogP contribution is -2.41. The first-order valence-electron chi connectivity index (χ1n) is 7.66. The molecule has 2 aromatic rings. The maximum absolute atomic E-state index is 11.6. The Morgan fingerprint density at radius 1 is 1.52 bits per heavy atom. The summed E-state index contributed by atoms with van der Waals surface area (Å²) in [6.45, 7) is 6.08. The second-order valence-electron chi connectivity index (χ2n) is 5.57. The zero-order valence-electron chi connectivity index (χ0n) is 13.1. The summed E-state index contributed by atoms with van der Waals surface area (Å²) < 4.78 is 7.86. The van der Waals surface area contributed by atoms with E-state index in [4.69, 9.17) is 4.74 Å². The lowest BCUT2D eigenvalue weighted by molar-refractivity contribution is 0.0689. The topological polar surface area (TPSA) is 80.0 Å². The standard InChI is InChI=1S/C15H19BrN4O3/c1-3-19(10-4-6-23-7-5-10)14-9(2)12(15(21)22)18-13-11(16)8-17-20(13)14/h8,10H,3-7H2,1-2H3,(H,21,22). The zero-order valence-corrected chi connectivity index (χ0v) is 14.7. The van der Waals surface area contributed by atoms with Gasteiger partial charge in [-0.05, 0) is 42.6 Å². The van der Waals surface area contributed by atoms with Gasteiger partial charge < -0.3 is 14.7 Å². The fraction of sp³-hybridized carbons (Fsp3) is 0.533. The van der Waals surface area contributed by atoms with Gasteiger partial charge in [0.15, 0.2) is 11.3 Å². The highest BCUT2D eigenvalue weighted by Crippen LogP contribution is 2.30. The molecule has 1 N–H and O–H groups in total. The van der Waals surface area contributed by atoms with Crippen LogP contribution >= 0.6 is 15.9 Å². The molecule has 1 aliphatic heterocycles. The molecule has 1 saturated heterocycles. The lowest BCUT2D eigenvalue weighted by atomic mass is 10.1. The van der Waals surface area contributed by atoms with Crippen molar-refractivity contribution in [3.8, 4) is 0 Å². The minimum absolute atomic E-state index is 0.0687. The number of anilines is 1. The fourth-order valence-electron chi connectivity index (χ4n) is 3.16. The number of carbonyl (C=O) groups is 1. The number of aromatic nitrogens is 3. The molecule has 7 nitrogen and oxygen atoms in total. The first-order valence-corrected chi connectivity index (χ1v) is 8.45. The van der Waals surface area contributed by atoms with Crippen molar-refractivity contribution in [2.75, 3.05) is 24.7 Å². The molecule has 8 heteroatoms. The predicted molar refractivity (Wildman–Crippen MR) is 89.2 cm³/mol. The number of carboxylic acid groups (broad SMARTS) is 1. The third kappa shape index (κ3) is 2.81. The van der Waals surface area contributed by atoms with Crippen molar-refractivity contribution in [3.05, 3.63) is 21.9 Å². The fourth-order valence-corrected chi connectivity index (χ4v) is 3.50. The maximum atomic E-state index is 11.6. The van der Waals surface area contributed by atoms with Crippen LogP contribution in [-0.2, 0) is 4.74 Å². The molecule has 0 bridgehead atoms. The second kappa shape index (κ2) is 6.45. The normalized spacial score (nSPS) is 16.0. The Morgan fingerprint density at radius 3 is 2.83 bits per heavy atom. The first kappa shape index (κ1) is 16.2. The van der Waals surface area contributed by atoms with E-state index < -0.39 is 5.97 Å². The predicted octanol–water partition coefficient (Wildman–Crippen LogP) is 2.50. The molecule has 3 heterocycles. The van der Waals surface area contributed by atoms with Gasteiger partial charge >= 0.3 is 5.97 Å². The van der Waals surface area contributed by atoms with E-state index in [9.17, 15) is 9.90 Å². The average Bonchev–Trinajstić information content (AvgIpc) is 2.91. The molecule has 0 aliphatic carbocycles. The van der Waals surface area contributed by atoms with Crippen LogP contribution in [0.25, 0.3) is 5.65 Å². The molecule has 0 unspecified atom stereocenters. The summed E-state index contributed by atoms with van der Waals surface area (Å²) in [4.78, 5) is 18.1. The van der Waals surface area contributed by atoms with Gasteiger partial charge in [0.25, 0.3) is 0 Å². The molecule has 0 radical (unpaired) electrons. The number of nitrogens with zero attached hydrogens (tertiary/aromatic N) is 4. The molecule has 23 heavy (non-hydrogen) atoms. The van der Waals surface area contributed by atoms with Crippen molar-refractivity contribution >= 4 is 33.4 Å². The summed E-state index contributed by atoms with van der Waals surface area (Å²) in [5.41, 5.74) is 1.22. The molecule has 0 amide bonds. The Labute approximate surface area is 142 Å². The van der Waals surface area contributed by atoms with E-state index in [-0.39, 0.29) is 5.69 Å². The molecule has 0 spiro atoms. The van der Waals surface area contributed by atoms with E-state index in [1.165, 1.54) is 0 Å². The summed E-state index contributed by atoms with van der Waals surface area (Å²) in [5.74, 6) is -0.227. The van der Waals surface area contributed by atoms with E-state index in [0.29, 0.717) is 21.7 Å². The van der Waals surface area contributed by atoms with Gasteiger partial charge in [-0.2, -0.15) is 9.61 Å². The van der Waals surface area contributed by atoms with Gasteiger partial charge in [-0.15, -0.1) is 0 Å². The molecule has 1 aliphatic rings. The van der Waals surface area contributed by atoms with Crippen LogP contribution in [0.4, 0.5) is 5.82 Å². The number of aromatic carboxylic acids is 1. The highest BCUT2D eigenvalue weighted by molar-refractivity contribution is 9.10. The molecular weight excluding hydrogens is 364 g/mol. The van der Waals surface area contributed by atoms with Crippen LogP contribution < -0.4 is 4.90 Å². The molecular formula is C15H19BrN4O3. The number of rotatable bonds is 4. The Hall–Kier alpha value is -1.67. The number of fused-ring (bicyclic) bond motifs is 1. The number of carboxylic acids is 1. The van der Waals surface area contributed by atoms with E-state index in [0.717, 1.165) is 38.4 Å². The third-order valence-corrected chi connectivity index (χ3v) is 4.82. The minimum atomic E-state index is -1.03. The van der Waals surface area contributed by atoms with Crippen LogP contribution in [0, 0.1) is 6.92 Å². The Balaban J connectivity index is 2.20. The summed E-state index contributed by atoms with van der Waals surface area (Å²) in [6.07, 6.45) is 3.48. The quantitative estimate of drug-likeness (QED) is 0.874. The van der Waals surface area contributed by atoms with Crippen molar-refractivity contribution in [3.63, 3.8) is 0 Å². The molecule has 2 aromatic heterocycles. The second-order valence-corrected chi connectivity index (χ2v) is 6.43. The number of hydrogen-bond donors (Lipinski definition) is 1. The van der Waals surface area contributed by atoms with Crippen LogP contribution in [-0.4, -0.2) is 51.5 Å². The zero-order chi connectivity index (χ0) is 16.6. The first-order chi connectivity index (χ1) is 11.0. The van der Waals surface area contributed by atoms with Crippen LogP contribution in [0.15, 0.2) is 10.7 Å². The van der Waals surface area contributed by atoms with Gasteiger partial charge in [-0.1, -0.05) is 0 Å². The van der Waals surface area contributed by atoms with Crippen LogP contribution in [0.3, 0.4) is 0 Å². The summed E-state index contributed by atoms with van der Waals surface area (Å²) >= 11 is 3.40. The smallest absolute Gasteiger partial charge is 0.354 e. The van der Waals surface area contributed by atoms with Crippen molar-refractivity contribution in [2.24, 2.45) is 0 Å². The van der Waals surface area contributed by atoms with Gasteiger partial charge in [0.1, 0.15) is 5.82 Å². The molecule has 3 rings (SSSR count). The van der Waals surface area contributed by atoms with E-state index in [2.05, 4.69) is 37.8 Å². The largest absolute Gasteiger partial charge is 0.476 e. The molecule has 0 atom stereocenters. The summed E-state index contributed by atoms with van der Waals surface area (Å²) in [5, 5.41) is 13.9. The van der Waals surface area contributed by atoms with Crippen LogP contribution in [0.1, 0.15) is 35.8 Å². The Morgan fingerprint density at radius 2 is 2.22 bits per heavy atom.